The van der Waals surface area contributed by atoms with Gasteiger partial charge in [0.2, 0.25) is 10.0 Å². The van der Waals surface area contributed by atoms with E-state index >= 15 is 0 Å². The highest BCUT2D eigenvalue weighted by molar-refractivity contribution is 7.89. The first-order chi connectivity index (χ1) is 16.4. The number of aliphatic carboxylic acids is 1. The minimum absolute atomic E-state index is 0.0346. The van der Waals surface area contributed by atoms with Gasteiger partial charge in [-0.3, -0.25) is 4.79 Å². The van der Waals surface area contributed by atoms with E-state index in [2.05, 4.69) is 0 Å². The summed E-state index contributed by atoms with van der Waals surface area (Å²) in [6.45, 7) is 2.51. The summed E-state index contributed by atoms with van der Waals surface area (Å²) in [4.78, 5) is 12.2. The molecule has 0 saturated carbocycles. The third-order valence-electron chi connectivity index (χ3n) is 5.71. The summed E-state index contributed by atoms with van der Waals surface area (Å²) in [7, 11) is -3.71. The maximum absolute atomic E-state index is 13.3. The van der Waals surface area contributed by atoms with Crippen molar-refractivity contribution in [2.24, 2.45) is 0 Å². The average molecular weight is 482 g/mol. The molecule has 0 radical (unpaired) electrons. The summed E-state index contributed by atoms with van der Waals surface area (Å²) in [5, 5.41) is 9.79. The zero-order chi connectivity index (χ0) is 24.4. The van der Waals surface area contributed by atoms with E-state index in [0.29, 0.717) is 24.1 Å². The fraction of sp³-hybridized carbons (Fsp3) is 0.296. The lowest BCUT2D eigenvalue weighted by atomic mass is 9.83. The van der Waals surface area contributed by atoms with Gasteiger partial charge in [0.1, 0.15) is 5.60 Å². The largest absolute Gasteiger partial charge is 0.481 e. The second kappa shape index (κ2) is 11.9. The summed E-state index contributed by atoms with van der Waals surface area (Å²) in [5.41, 5.74) is 0.158. The SMILES string of the molecule is CCCCN(CCOC(CC(=O)O)(c1ccccc1)c1ccccc1)S(=O)(=O)c1ccccc1. The molecule has 0 unspecified atom stereocenters. The predicted octanol–water partition coefficient (Wildman–Crippen LogP) is 4.91. The molecular weight excluding hydrogens is 450 g/mol. The lowest BCUT2D eigenvalue weighted by Crippen LogP contribution is -2.39. The number of ether oxygens (including phenoxy) is 1. The van der Waals surface area contributed by atoms with E-state index < -0.39 is 21.6 Å². The van der Waals surface area contributed by atoms with E-state index in [9.17, 15) is 18.3 Å². The van der Waals surface area contributed by atoms with E-state index in [1.54, 1.807) is 30.3 Å². The van der Waals surface area contributed by atoms with Gasteiger partial charge in [-0.1, -0.05) is 92.2 Å². The van der Waals surface area contributed by atoms with Gasteiger partial charge >= 0.3 is 5.97 Å². The zero-order valence-electron chi connectivity index (χ0n) is 19.3. The Morgan fingerprint density at radius 1 is 0.853 bits per heavy atom. The summed E-state index contributed by atoms with van der Waals surface area (Å²) in [5.74, 6) is -1.01. The number of hydrogen-bond donors (Lipinski definition) is 1. The van der Waals surface area contributed by atoms with Crippen LogP contribution in [0.5, 0.6) is 0 Å². The van der Waals surface area contributed by atoms with Gasteiger partial charge < -0.3 is 9.84 Å². The van der Waals surface area contributed by atoms with Crippen molar-refractivity contribution in [2.75, 3.05) is 19.7 Å². The molecule has 0 aromatic heterocycles. The Kier molecular flexibility index (Phi) is 8.98. The first-order valence-corrected chi connectivity index (χ1v) is 12.9. The molecule has 0 bridgehead atoms. The van der Waals surface area contributed by atoms with Crippen LogP contribution < -0.4 is 0 Å². The molecule has 0 saturated heterocycles. The van der Waals surface area contributed by atoms with Crippen molar-refractivity contribution in [1.82, 2.24) is 4.31 Å². The van der Waals surface area contributed by atoms with Gasteiger partial charge in [0.25, 0.3) is 0 Å². The summed E-state index contributed by atoms with van der Waals surface area (Å²) >= 11 is 0. The van der Waals surface area contributed by atoms with Crippen LogP contribution in [0.3, 0.4) is 0 Å². The third-order valence-corrected chi connectivity index (χ3v) is 7.62. The molecular formula is C27H31NO5S. The molecule has 0 heterocycles. The Bertz CT molecular complexity index is 1100. The summed E-state index contributed by atoms with van der Waals surface area (Å²) < 4.78 is 34.4. The lowest BCUT2D eigenvalue weighted by molar-refractivity contribution is -0.144. The smallest absolute Gasteiger partial charge is 0.307 e. The normalized spacial score (nSPS) is 12.1. The van der Waals surface area contributed by atoms with E-state index in [1.807, 2.05) is 67.6 Å². The quantitative estimate of drug-likeness (QED) is 0.375. The second-order valence-electron chi connectivity index (χ2n) is 8.05. The molecule has 1 N–H and O–H groups in total. The van der Waals surface area contributed by atoms with Crippen LogP contribution in [-0.4, -0.2) is 43.5 Å². The van der Waals surface area contributed by atoms with Crippen molar-refractivity contribution in [3.63, 3.8) is 0 Å². The molecule has 0 amide bonds. The standard InChI is InChI=1S/C27H31NO5S/c1-2-3-19-28(34(31,32)25-17-11-6-12-18-25)20-21-33-27(22-26(29)30,23-13-7-4-8-14-23)24-15-9-5-10-16-24/h4-18H,2-3,19-22H2,1H3,(H,29,30). The maximum Gasteiger partial charge on any atom is 0.307 e. The minimum Gasteiger partial charge on any atom is -0.481 e. The molecule has 0 aliphatic carbocycles. The molecule has 0 atom stereocenters. The van der Waals surface area contributed by atoms with Crippen LogP contribution in [0.2, 0.25) is 0 Å². The van der Waals surface area contributed by atoms with Crippen LogP contribution >= 0.6 is 0 Å². The van der Waals surface area contributed by atoms with Crippen LogP contribution in [0.25, 0.3) is 0 Å². The van der Waals surface area contributed by atoms with Crippen LogP contribution in [0.4, 0.5) is 0 Å². The molecule has 180 valence electrons. The van der Waals surface area contributed by atoms with Crippen LogP contribution in [0.1, 0.15) is 37.3 Å². The molecule has 7 heteroatoms. The molecule has 0 spiro atoms. The van der Waals surface area contributed by atoms with Gasteiger partial charge in [-0.15, -0.1) is 0 Å². The molecule has 3 aromatic carbocycles. The number of rotatable bonds is 13. The number of carboxylic acid groups (broad SMARTS) is 1. The average Bonchev–Trinajstić information content (AvgIpc) is 2.86. The highest BCUT2D eigenvalue weighted by atomic mass is 32.2. The highest BCUT2D eigenvalue weighted by Crippen LogP contribution is 2.37. The zero-order valence-corrected chi connectivity index (χ0v) is 20.2. The lowest BCUT2D eigenvalue weighted by Gasteiger charge is -2.35. The molecule has 0 aliphatic rings. The van der Waals surface area contributed by atoms with E-state index in [4.69, 9.17) is 4.74 Å². The van der Waals surface area contributed by atoms with E-state index in [0.717, 1.165) is 6.42 Å². The van der Waals surface area contributed by atoms with Crippen molar-refractivity contribution in [1.29, 1.82) is 0 Å². The van der Waals surface area contributed by atoms with Crippen LogP contribution in [0.15, 0.2) is 95.9 Å². The number of nitrogens with zero attached hydrogens (tertiary/aromatic N) is 1. The maximum atomic E-state index is 13.3. The Morgan fingerprint density at radius 3 is 1.82 bits per heavy atom. The number of benzene rings is 3. The molecule has 3 aromatic rings. The summed E-state index contributed by atoms with van der Waals surface area (Å²) in [6, 6.07) is 26.8. The van der Waals surface area contributed by atoms with Gasteiger partial charge in [0.15, 0.2) is 0 Å². The first kappa shape index (κ1) is 25.6. The Morgan fingerprint density at radius 2 is 1.35 bits per heavy atom. The number of hydrogen-bond acceptors (Lipinski definition) is 4. The van der Waals surface area contributed by atoms with E-state index in [-0.39, 0.29) is 24.5 Å². The Hall–Kier alpha value is -3.00. The number of sulfonamides is 1. The van der Waals surface area contributed by atoms with E-state index in [1.165, 1.54) is 4.31 Å². The summed E-state index contributed by atoms with van der Waals surface area (Å²) in [6.07, 6.45) is 1.27. The Labute approximate surface area is 201 Å². The van der Waals surface area contributed by atoms with Gasteiger partial charge in [-0.25, -0.2) is 8.42 Å². The van der Waals surface area contributed by atoms with Gasteiger partial charge in [0.05, 0.1) is 17.9 Å². The molecule has 3 rings (SSSR count). The van der Waals surface area contributed by atoms with Crippen molar-refractivity contribution in [2.45, 2.75) is 36.7 Å². The van der Waals surface area contributed by atoms with Crippen molar-refractivity contribution < 1.29 is 23.1 Å². The fourth-order valence-electron chi connectivity index (χ4n) is 3.97. The van der Waals surface area contributed by atoms with Crippen LogP contribution in [-0.2, 0) is 25.2 Å². The monoisotopic (exact) mass is 481 g/mol. The van der Waals surface area contributed by atoms with Gasteiger partial charge in [0, 0.05) is 13.1 Å². The molecule has 0 aliphatic heterocycles. The number of carbonyl (C=O) groups is 1. The topological polar surface area (TPSA) is 83.9 Å². The molecule has 6 nitrogen and oxygen atoms in total. The third kappa shape index (κ3) is 6.11. The molecule has 34 heavy (non-hydrogen) atoms. The number of unbranched alkanes of at least 4 members (excludes halogenated alkanes) is 1. The van der Waals surface area contributed by atoms with Crippen LogP contribution in [0, 0.1) is 0 Å². The van der Waals surface area contributed by atoms with Crippen molar-refractivity contribution in [3.8, 4) is 0 Å². The fourth-order valence-corrected chi connectivity index (χ4v) is 5.45. The number of carboxylic acids is 1. The predicted molar refractivity (Wildman–Crippen MR) is 132 cm³/mol. The second-order valence-corrected chi connectivity index (χ2v) is 9.99. The minimum atomic E-state index is -3.71. The molecule has 0 fully saturated rings. The Balaban J connectivity index is 1.92. The van der Waals surface area contributed by atoms with Crippen molar-refractivity contribution in [3.05, 3.63) is 102 Å². The van der Waals surface area contributed by atoms with Crippen molar-refractivity contribution >= 4 is 16.0 Å². The highest BCUT2D eigenvalue weighted by Gasteiger charge is 2.38. The van der Waals surface area contributed by atoms with Gasteiger partial charge in [-0.2, -0.15) is 4.31 Å². The first-order valence-electron chi connectivity index (χ1n) is 11.4. The van der Waals surface area contributed by atoms with Gasteiger partial charge in [-0.05, 0) is 29.7 Å².